The van der Waals surface area contributed by atoms with Gasteiger partial charge >= 0.3 is 0 Å². The highest BCUT2D eigenvalue weighted by atomic mass is 15.2. The van der Waals surface area contributed by atoms with E-state index in [2.05, 4.69) is 99.3 Å². The molecule has 1 fully saturated rings. The Kier molecular flexibility index (Phi) is 6.37. The summed E-state index contributed by atoms with van der Waals surface area (Å²) in [7, 11) is 0. The quantitative estimate of drug-likeness (QED) is 0.461. The zero-order valence-electron chi connectivity index (χ0n) is 19.4. The summed E-state index contributed by atoms with van der Waals surface area (Å²) in [6, 6.07) is 22.9. The van der Waals surface area contributed by atoms with E-state index >= 15 is 0 Å². The summed E-state index contributed by atoms with van der Waals surface area (Å²) in [6.45, 7) is 11.0. The molecule has 1 saturated heterocycles. The number of benzene rings is 2. The Morgan fingerprint density at radius 1 is 0.867 bits per heavy atom. The molecule has 1 heterocycles. The maximum absolute atomic E-state index is 2.72. The van der Waals surface area contributed by atoms with Gasteiger partial charge in [0.2, 0.25) is 0 Å². The van der Waals surface area contributed by atoms with Crippen LogP contribution in [0.15, 0.2) is 72.3 Å². The number of nitrogens with zero attached hydrogens (tertiary/aromatic N) is 1. The standard InChI is InChI=1S/C29H39N/c1-22(2)28-20-19-26(21-30(28)27-13-9-6-10-14-27)29(3,4)25-17-15-24(16-18-25)23-11-7-5-8-12-23/h5-14,17,22,24,26,28H,15-16,18-21H2,1-4H3. The minimum Gasteiger partial charge on any atom is -0.368 e. The fraction of sp³-hybridized carbons (Fsp3) is 0.517. The van der Waals surface area contributed by atoms with Crippen LogP contribution in [0.3, 0.4) is 0 Å². The average molecular weight is 402 g/mol. The Labute approximate surface area is 184 Å². The lowest BCUT2D eigenvalue weighted by atomic mass is 9.65. The normalized spacial score (nSPS) is 25.3. The first-order valence-electron chi connectivity index (χ1n) is 12.0. The van der Waals surface area contributed by atoms with E-state index in [-0.39, 0.29) is 5.41 Å². The Morgan fingerprint density at radius 2 is 1.53 bits per heavy atom. The molecule has 0 bridgehead atoms. The molecule has 160 valence electrons. The molecule has 3 atom stereocenters. The largest absolute Gasteiger partial charge is 0.368 e. The van der Waals surface area contributed by atoms with E-state index in [1.165, 1.54) is 49.9 Å². The SMILES string of the molecule is CC(C)C1CCC(C(C)(C)C2=CCC(c3ccccc3)CC2)CN1c1ccccc1. The first-order chi connectivity index (χ1) is 14.5. The molecule has 2 aromatic rings. The van der Waals surface area contributed by atoms with Crippen LogP contribution < -0.4 is 4.90 Å². The van der Waals surface area contributed by atoms with E-state index in [1.54, 1.807) is 5.57 Å². The first kappa shape index (κ1) is 21.2. The second kappa shape index (κ2) is 9.00. The van der Waals surface area contributed by atoms with Crippen LogP contribution in [0.4, 0.5) is 5.69 Å². The lowest BCUT2D eigenvalue weighted by Gasteiger charge is -2.49. The van der Waals surface area contributed by atoms with Crippen molar-refractivity contribution >= 4 is 5.69 Å². The molecule has 1 aliphatic heterocycles. The highest BCUT2D eigenvalue weighted by Gasteiger charge is 2.40. The molecule has 1 aliphatic carbocycles. The molecular formula is C29H39N. The van der Waals surface area contributed by atoms with Gasteiger partial charge in [-0.1, -0.05) is 87.9 Å². The van der Waals surface area contributed by atoms with Gasteiger partial charge in [0.15, 0.2) is 0 Å². The van der Waals surface area contributed by atoms with Crippen molar-refractivity contribution in [2.24, 2.45) is 17.3 Å². The molecule has 2 aromatic carbocycles. The van der Waals surface area contributed by atoms with Crippen LogP contribution in [0.5, 0.6) is 0 Å². The van der Waals surface area contributed by atoms with Gasteiger partial charge in [0.05, 0.1) is 0 Å². The van der Waals surface area contributed by atoms with Gasteiger partial charge in [-0.2, -0.15) is 0 Å². The molecule has 0 amide bonds. The van der Waals surface area contributed by atoms with Crippen molar-refractivity contribution in [3.05, 3.63) is 77.9 Å². The molecular weight excluding hydrogens is 362 g/mol. The van der Waals surface area contributed by atoms with Crippen molar-refractivity contribution in [1.82, 2.24) is 0 Å². The van der Waals surface area contributed by atoms with E-state index in [0.717, 1.165) is 0 Å². The second-order valence-corrected chi connectivity index (χ2v) is 10.4. The number of hydrogen-bond donors (Lipinski definition) is 0. The van der Waals surface area contributed by atoms with Crippen LogP contribution >= 0.6 is 0 Å². The van der Waals surface area contributed by atoms with Crippen molar-refractivity contribution in [2.75, 3.05) is 11.4 Å². The van der Waals surface area contributed by atoms with Crippen LogP contribution in [0, 0.1) is 17.3 Å². The topological polar surface area (TPSA) is 3.24 Å². The maximum atomic E-state index is 2.72. The predicted molar refractivity (Wildman–Crippen MR) is 130 cm³/mol. The highest BCUT2D eigenvalue weighted by molar-refractivity contribution is 5.48. The molecule has 2 aliphatic rings. The van der Waals surface area contributed by atoms with Gasteiger partial charge in [-0.05, 0) is 73.0 Å². The molecule has 1 nitrogen and oxygen atoms in total. The molecule has 0 radical (unpaired) electrons. The fourth-order valence-electron chi connectivity index (χ4n) is 5.90. The minimum absolute atomic E-state index is 0.274. The number of allylic oxidation sites excluding steroid dienone is 2. The molecule has 4 rings (SSSR count). The number of rotatable bonds is 5. The lowest BCUT2D eigenvalue weighted by molar-refractivity contribution is 0.187. The van der Waals surface area contributed by atoms with Gasteiger partial charge in [0.1, 0.15) is 0 Å². The minimum atomic E-state index is 0.274. The Hall–Kier alpha value is -2.02. The zero-order chi connectivity index (χ0) is 21.1. The van der Waals surface area contributed by atoms with Gasteiger partial charge < -0.3 is 4.90 Å². The maximum Gasteiger partial charge on any atom is 0.0368 e. The number of anilines is 1. The Morgan fingerprint density at radius 3 is 2.13 bits per heavy atom. The van der Waals surface area contributed by atoms with Crippen LogP contribution in [-0.4, -0.2) is 12.6 Å². The van der Waals surface area contributed by atoms with Crippen LogP contribution in [0.25, 0.3) is 0 Å². The third kappa shape index (κ3) is 4.36. The lowest BCUT2D eigenvalue weighted by Crippen LogP contribution is -2.50. The van der Waals surface area contributed by atoms with E-state index in [4.69, 9.17) is 0 Å². The molecule has 0 aromatic heterocycles. The average Bonchev–Trinajstić information content (AvgIpc) is 2.80. The first-order valence-corrected chi connectivity index (χ1v) is 12.0. The van der Waals surface area contributed by atoms with Gasteiger partial charge in [0.25, 0.3) is 0 Å². The Balaban J connectivity index is 1.50. The number of hydrogen-bond acceptors (Lipinski definition) is 1. The number of para-hydroxylation sites is 1. The van der Waals surface area contributed by atoms with E-state index < -0.39 is 0 Å². The summed E-state index contributed by atoms with van der Waals surface area (Å²) in [5.74, 6) is 2.10. The second-order valence-electron chi connectivity index (χ2n) is 10.4. The van der Waals surface area contributed by atoms with Crippen molar-refractivity contribution in [3.8, 4) is 0 Å². The van der Waals surface area contributed by atoms with Crippen molar-refractivity contribution in [1.29, 1.82) is 0 Å². The summed E-state index contributed by atoms with van der Waals surface area (Å²) >= 11 is 0. The van der Waals surface area contributed by atoms with Crippen molar-refractivity contribution in [3.63, 3.8) is 0 Å². The van der Waals surface area contributed by atoms with E-state index in [1.807, 2.05) is 0 Å². The predicted octanol–water partition coefficient (Wildman–Crippen LogP) is 7.85. The highest BCUT2D eigenvalue weighted by Crippen LogP contribution is 2.47. The van der Waals surface area contributed by atoms with Gasteiger partial charge in [0, 0.05) is 18.3 Å². The summed E-state index contributed by atoms with van der Waals surface area (Å²) in [5, 5.41) is 0. The molecule has 0 saturated carbocycles. The zero-order valence-corrected chi connectivity index (χ0v) is 19.4. The monoisotopic (exact) mass is 401 g/mol. The van der Waals surface area contributed by atoms with Gasteiger partial charge in [-0.3, -0.25) is 0 Å². The Bertz CT molecular complexity index is 833. The summed E-state index contributed by atoms with van der Waals surface area (Å²) < 4.78 is 0. The summed E-state index contributed by atoms with van der Waals surface area (Å²) in [4.78, 5) is 2.72. The smallest absolute Gasteiger partial charge is 0.0368 e. The molecule has 30 heavy (non-hydrogen) atoms. The fourth-order valence-corrected chi connectivity index (χ4v) is 5.90. The molecule has 3 unspecified atom stereocenters. The summed E-state index contributed by atoms with van der Waals surface area (Å²) in [6.07, 6.45) is 9.00. The third-order valence-corrected chi connectivity index (χ3v) is 8.02. The molecule has 0 N–H and O–H groups in total. The van der Waals surface area contributed by atoms with E-state index in [0.29, 0.717) is 23.8 Å². The van der Waals surface area contributed by atoms with Crippen LogP contribution in [0.1, 0.15) is 71.3 Å². The van der Waals surface area contributed by atoms with Gasteiger partial charge in [-0.15, -0.1) is 0 Å². The molecule has 1 heteroatoms. The van der Waals surface area contributed by atoms with Crippen LogP contribution in [-0.2, 0) is 0 Å². The van der Waals surface area contributed by atoms with Crippen LogP contribution in [0.2, 0.25) is 0 Å². The third-order valence-electron chi connectivity index (χ3n) is 8.02. The van der Waals surface area contributed by atoms with Crippen molar-refractivity contribution in [2.45, 2.75) is 71.8 Å². The number of piperidine rings is 1. The molecule has 0 spiro atoms. The summed E-state index contributed by atoms with van der Waals surface area (Å²) in [5.41, 5.74) is 4.89. The van der Waals surface area contributed by atoms with Crippen molar-refractivity contribution < 1.29 is 0 Å². The van der Waals surface area contributed by atoms with Gasteiger partial charge in [-0.25, -0.2) is 0 Å². The van der Waals surface area contributed by atoms with E-state index in [9.17, 15) is 0 Å².